The van der Waals surface area contributed by atoms with Crippen molar-refractivity contribution in [1.82, 2.24) is 15.1 Å². The molecule has 1 unspecified atom stereocenters. The molecule has 0 amide bonds. The topological polar surface area (TPSA) is 18.5 Å². The van der Waals surface area contributed by atoms with Crippen LogP contribution in [0.1, 0.15) is 52.4 Å². The van der Waals surface area contributed by atoms with Crippen LogP contribution in [0.15, 0.2) is 0 Å². The van der Waals surface area contributed by atoms with Crippen molar-refractivity contribution in [3.8, 4) is 0 Å². The largest absolute Gasteiger partial charge is 0.314 e. The molecule has 20 heavy (non-hydrogen) atoms. The van der Waals surface area contributed by atoms with Gasteiger partial charge in [-0.2, -0.15) is 0 Å². The van der Waals surface area contributed by atoms with Crippen LogP contribution in [0.2, 0.25) is 0 Å². The van der Waals surface area contributed by atoms with E-state index in [1.807, 2.05) is 0 Å². The molecule has 0 aromatic rings. The molecule has 1 saturated heterocycles. The number of likely N-dealkylation sites (tertiary alicyclic amines) is 1. The predicted octanol–water partition coefficient (Wildman–Crippen LogP) is 2.57. The number of rotatable bonds is 6. The Morgan fingerprint density at radius 2 is 1.95 bits per heavy atom. The molecule has 2 aliphatic rings. The molecule has 0 radical (unpaired) electrons. The molecule has 1 aliphatic carbocycles. The van der Waals surface area contributed by atoms with Gasteiger partial charge >= 0.3 is 0 Å². The van der Waals surface area contributed by atoms with Crippen LogP contribution in [-0.4, -0.2) is 62.2 Å². The maximum atomic E-state index is 3.71. The van der Waals surface area contributed by atoms with Crippen LogP contribution in [0.25, 0.3) is 0 Å². The van der Waals surface area contributed by atoms with E-state index in [0.717, 1.165) is 6.04 Å². The van der Waals surface area contributed by atoms with E-state index in [-0.39, 0.29) is 0 Å². The Labute approximate surface area is 126 Å². The molecule has 3 heteroatoms. The lowest BCUT2D eigenvalue weighted by Gasteiger charge is -2.41. The van der Waals surface area contributed by atoms with Crippen molar-refractivity contribution in [2.75, 3.05) is 40.3 Å². The average molecular weight is 281 g/mol. The van der Waals surface area contributed by atoms with E-state index in [4.69, 9.17) is 0 Å². The van der Waals surface area contributed by atoms with Crippen LogP contribution < -0.4 is 5.32 Å². The van der Waals surface area contributed by atoms with Crippen LogP contribution in [0.4, 0.5) is 0 Å². The van der Waals surface area contributed by atoms with E-state index in [9.17, 15) is 0 Å². The molecule has 0 bridgehead atoms. The van der Waals surface area contributed by atoms with Gasteiger partial charge in [0.2, 0.25) is 0 Å². The second-order valence-electron chi connectivity index (χ2n) is 7.72. The zero-order valence-corrected chi connectivity index (χ0v) is 14.1. The van der Waals surface area contributed by atoms with Gasteiger partial charge < -0.3 is 15.1 Å². The lowest BCUT2D eigenvalue weighted by atomic mass is 9.84. The normalized spacial score (nSPS) is 27.6. The zero-order chi connectivity index (χ0) is 14.6. The Hall–Kier alpha value is -0.120. The van der Waals surface area contributed by atoms with Gasteiger partial charge in [-0.15, -0.1) is 0 Å². The number of nitrogens with one attached hydrogen (secondary N) is 1. The molecule has 0 aromatic carbocycles. The summed E-state index contributed by atoms with van der Waals surface area (Å²) in [5.74, 6) is 0. The van der Waals surface area contributed by atoms with Crippen molar-refractivity contribution in [2.24, 2.45) is 5.41 Å². The maximum Gasteiger partial charge on any atom is 0.0220 e. The van der Waals surface area contributed by atoms with Gasteiger partial charge in [0, 0.05) is 31.7 Å². The first-order valence-electron chi connectivity index (χ1n) is 8.63. The molecular weight excluding hydrogens is 246 g/mol. The summed E-state index contributed by atoms with van der Waals surface area (Å²) in [4.78, 5) is 5.17. The van der Waals surface area contributed by atoms with Crippen molar-refractivity contribution < 1.29 is 0 Å². The lowest BCUT2D eigenvalue weighted by molar-refractivity contribution is 0.0862. The van der Waals surface area contributed by atoms with E-state index in [2.05, 4.69) is 43.1 Å². The molecule has 2 fully saturated rings. The molecule has 1 N–H and O–H groups in total. The third-order valence-electron chi connectivity index (χ3n) is 5.36. The summed E-state index contributed by atoms with van der Waals surface area (Å²) in [6.07, 6.45) is 8.44. The Morgan fingerprint density at radius 3 is 2.55 bits per heavy atom. The molecule has 0 spiro atoms. The third-order valence-corrected chi connectivity index (χ3v) is 5.36. The number of hydrogen-bond acceptors (Lipinski definition) is 3. The van der Waals surface area contributed by atoms with Crippen LogP contribution in [-0.2, 0) is 0 Å². The summed E-state index contributed by atoms with van der Waals surface area (Å²) in [5.41, 5.74) is 0.537. The maximum absolute atomic E-state index is 3.71. The molecule has 1 heterocycles. The fourth-order valence-corrected chi connectivity index (χ4v) is 4.09. The molecule has 118 valence electrons. The minimum atomic E-state index is 0.537. The Bertz CT molecular complexity index is 284. The van der Waals surface area contributed by atoms with Crippen LogP contribution in [0.5, 0.6) is 0 Å². The first-order chi connectivity index (χ1) is 9.51. The number of piperidine rings is 1. The molecule has 0 aromatic heterocycles. The smallest absolute Gasteiger partial charge is 0.0220 e. The van der Waals surface area contributed by atoms with Crippen molar-refractivity contribution in [1.29, 1.82) is 0 Å². The van der Waals surface area contributed by atoms with Gasteiger partial charge in [0.05, 0.1) is 0 Å². The standard InChI is InChI=1S/C17H35N3/c1-15(2)18-13-17(9-5-6-10-17)14-20(4)16-8-7-11-19(3)12-16/h15-16,18H,5-14H2,1-4H3. The van der Waals surface area contributed by atoms with Crippen molar-refractivity contribution in [2.45, 2.75) is 64.5 Å². The highest BCUT2D eigenvalue weighted by Gasteiger charge is 2.36. The summed E-state index contributed by atoms with van der Waals surface area (Å²) >= 11 is 0. The SMILES string of the molecule is CC(C)NCC1(CN(C)C2CCCN(C)C2)CCCC1. The second kappa shape index (κ2) is 7.24. The molecule has 3 nitrogen and oxygen atoms in total. The summed E-state index contributed by atoms with van der Waals surface area (Å²) in [6, 6.07) is 1.38. The lowest BCUT2D eigenvalue weighted by Crippen LogP contribution is -2.50. The van der Waals surface area contributed by atoms with E-state index in [1.165, 1.54) is 64.7 Å². The highest BCUT2D eigenvalue weighted by atomic mass is 15.2. The summed E-state index contributed by atoms with van der Waals surface area (Å²) in [5, 5.41) is 3.71. The summed E-state index contributed by atoms with van der Waals surface area (Å²) in [6.45, 7) is 9.56. The van der Waals surface area contributed by atoms with Gasteiger partial charge in [-0.25, -0.2) is 0 Å². The molecule has 1 saturated carbocycles. The fraction of sp³-hybridized carbons (Fsp3) is 1.00. The minimum Gasteiger partial charge on any atom is -0.314 e. The van der Waals surface area contributed by atoms with E-state index in [1.54, 1.807) is 0 Å². The second-order valence-corrected chi connectivity index (χ2v) is 7.72. The Balaban J connectivity index is 1.89. The third kappa shape index (κ3) is 4.44. The number of nitrogens with zero attached hydrogens (tertiary/aromatic N) is 2. The molecule has 2 rings (SSSR count). The van der Waals surface area contributed by atoms with Crippen molar-refractivity contribution in [3.05, 3.63) is 0 Å². The van der Waals surface area contributed by atoms with Gasteiger partial charge in [-0.1, -0.05) is 26.7 Å². The first-order valence-corrected chi connectivity index (χ1v) is 8.63. The highest BCUT2D eigenvalue weighted by molar-refractivity contribution is 4.91. The first kappa shape index (κ1) is 16.3. The minimum absolute atomic E-state index is 0.537. The van der Waals surface area contributed by atoms with Gasteiger partial charge in [-0.3, -0.25) is 0 Å². The summed E-state index contributed by atoms with van der Waals surface area (Å²) in [7, 11) is 4.63. The van der Waals surface area contributed by atoms with Crippen LogP contribution in [0, 0.1) is 5.41 Å². The summed E-state index contributed by atoms with van der Waals surface area (Å²) < 4.78 is 0. The van der Waals surface area contributed by atoms with E-state index >= 15 is 0 Å². The van der Waals surface area contributed by atoms with Gasteiger partial charge in [-0.05, 0) is 51.7 Å². The zero-order valence-electron chi connectivity index (χ0n) is 14.1. The quantitative estimate of drug-likeness (QED) is 0.807. The highest BCUT2D eigenvalue weighted by Crippen LogP contribution is 2.38. The number of likely N-dealkylation sites (N-methyl/N-ethyl adjacent to an activating group) is 2. The fourth-order valence-electron chi connectivity index (χ4n) is 4.09. The number of hydrogen-bond donors (Lipinski definition) is 1. The monoisotopic (exact) mass is 281 g/mol. The van der Waals surface area contributed by atoms with Gasteiger partial charge in [0.25, 0.3) is 0 Å². The predicted molar refractivity (Wildman–Crippen MR) is 87.2 cm³/mol. The van der Waals surface area contributed by atoms with Gasteiger partial charge in [0.15, 0.2) is 0 Å². The van der Waals surface area contributed by atoms with E-state index in [0.29, 0.717) is 11.5 Å². The molecule has 1 atom stereocenters. The van der Waals surface area contributed by atoms with Crippen LogP contribution in [0.3, 0.4) is 0 Å². The Morgan fingerprint density at radius 1 is 1.25 bits per heavy atom. The van der Waals surface area contributed by atoms with Crippen molar-refractivity contribution in [3.63, 3.8) is 0 Å². The van der Waals surface area contributed by atoms with E-state index < -0.39 is 0 Å². The molecule has 1 aliphatic heterocycles. The van der Waals surface area contributed by atoms with Crippen LogP contribution >= 0.6 is 0 Å². The Kier molecular flexibility index (Phi) is 5.88. The van der Waals surface area contributed by atoms with Crippen molar-refractivity contribution >= 4 is 0 Å². The average Bonchev–Trinajstić information content (AvgIpc) is 2.85. The van der Waals surface area contributed by atoms with Gasteiger partial charge in [0.1, 0.15) is 0 Å². The molecular formula is C17H35N3.